The van der Waals surface area contributed by atoms with E-state index in [1.165, 1.54) is 11.1 Å². The second-order valence-corrected chi connectivity index (χ2v) is 6.15. The average molecular weight is 293 g/mol. The lowest BCUT2D eigenvalue weighted by Gasteiger charge is -2.09. The van der Waals surface area contributed by atoms with Gasteiger partial charge in [0.05, 0.1) is 19.3 Å². The van der Waals surface area contributed by atoms with E-state index in [1.807, 2.05) is 0 Å². The molecule has 1 aromatic rings. The maximum absolute atomic E-state index is 5.59. The predicted molar refractivity (Wildman–Crippen MR) is 88.3 cm³/mol. The third-order valence-electron chi connectivity index (χ3n) is 3.20. The zero-order valence-electron chi connectivity index (χ0n) is 14.0. The van der Waals surface area contributed by atoms with Crippen molar-refractivity contribution in [2.24, 2.45) is 5.92 Å². The molecule has 0 atom stereocenters. The van der Waals surface area contributed by atoms with Crippen LogP contribution in [-0.4, -0.2) is 25.9 Å². The molecule has 0 aliphatic rings. The molecule has 0 spiro atoms. The number of hydrogen-bond acceptors (Lipinski definition) is 3. The highest BCUT2D eigenvalue weighted by atomic mass is 16.5. The van der Waals surface area contributed by atoms with E-state index in [9.17, 15) is 0 Å². The van der Waals surface area contributed by atoms with Crippen LogP contribution in [0.5, 0.6) is 0 Å². The normalized spacial score (nSPS) is 11.5. The Hall–Kier alpha value is -0.900. The van der Waals surface area contributed by atoms with Gasteiger partial charge >= 0.3 is 0 Å². The Morgan fingerprint density at radius 1 is 0.952 bits per heavy atom. The van der Waals surface area contributed by atoms with E-state index in [2.05, 4.69) is 57.3 Å². The summed E-state index contributed by atoms with van der Waals surface area (Å²) < 4.78 is 11.2. The van der Waals surface area contributed by atoms with Gasteiger partial charge in [-0.25, -0.2) is 0 Å². The first-order valence-electron chi connectivity index (χ1n) is 8.05. The average Bonchev–Trinajstić information content (AvgIpc) is 2.45. The summed E-state index contributed by atoms with van der Waals surface area (Å²) in [5, 5.41) is 3.40. The third-order valence-corrected chi connectivity index (χ3v) is 3.20. The Morgan fingerprint density at radius 3 is 2.24 bits per heavy atom. The molecule has 0 bridgehead atoms. The minimum atomic E-state index is 0.280. The number of hydrogen-bond donors (Lipinski definition) is 1. The van der Waals surface area contributed by atoms with Gasteiger partial charge in [-0.2, -0.15) is 0 Å². The monoisotopic (exact) mass is 293 g/mol. The molecule has 1 aromatic carbocycles. The highest BCUT2D eigenvalue weighted by molar-refractivity contribution is 5.21. The molecular weight excluding hydrogens is 262 g/mol. The summed E-state index contributed by atoms with van der Waals surface area (Å²) in [6, 6.07) is 8.59. The smallest absolute Gasteiger partial charge is 0.0720 e. The molecule has 0 heterocycles. The fraction of sp³-hybridized carbons (Fsp3) is 0.667. The highest BCUT2D eigenvalue weighted by Gasteiger charge is 1.98. The van der Waals surface area contributed by atoms with Crippen LogP contribution in [0.2, 0.25) is 0 Å². The van der Waals surface area contributed by atoms with Gasteiger partial charge in [-0.1, -0.05) is 38.1 Å². The van der Waals surface area contributed by atoms with Crippen molar-refractivity contribution in [1.82, 2.24) is 5.32 Å². The van der Waals surface area contributed by atoms with Gasteiger partial charge in [0.1, 0.15) is 0 Å². The molecule has 3 heteroatoms. The molecular formula is C18H31NO2. The van der Waals surface area contributed by atoms with Crippen molar-refractivity contribution in [2.75, 3.05) is 19.8 Å². The van der Waals surface area contributed by atoms with Crippen molar-refractivity contribution in [3.63, 3.8) is 0 Å². The Labute approximate surface area is 130 Å². The zero-order valence-corrected chi connectivity index (χ0v) is 14.0. The Kier molecular flexibility index (Phi) is 9.31. The molecule has 1 rings (SSSR count). The minimum absolute atomic E-state index is 0.280. The van der Waals surface area contributed by atoms with E-state index in [1.54, 1.807) is 0 Å². The largest absolute Gasteiger partial charge is 0.380 e. The Morgan fingerprint density at radius 2 is 1.62 bits per heavy atom. The lowest BCUT2D eigenvalue weighted by molar-refractivity contribution is 0.0657. The molecule has 3 nitrogen and oxygen atoms in total. The summed E-state index contributed by atoms with van der Waals surface area (Å²) in [5.74, 6) is 0.719. The topological polar surface area (TPSA) is 30.5 Å². The van der Waals surface area contributed by atoms with Gasteiger partial charge in [0.2, 0.25) is 0 Å². The van der Waals surface area contributed by atoms with Gasteiger partial charge in [-0.05, 0) is 37.3 Å². The van der Waals surface area contributed by atoms with Gasteiger partial charge in [0, 0.05) is 19.7 Å². The summed E-state index contributed by atoms with van der Waals surface area (Å²) in [7, 11) is 0. The van der Waals surface area contributed by atoms with Crippen molar-refractivity contribution < 1.29 is 9.47 Å². The van der Waals surface area contributed by atoms with Crippen molar-refractivity contribution in [3.05, 3.63) is 35.4 Å². The van der Waals surface area contributed by atoms with Gasteiger partial charge in [-0.3, -0.25) is 0 Å². The molecule has 0 radical (unpaired) electrons. The van der Waals surface area contributed by atoms with Crippen molar-refractivity contribution in [3.8, 4) is 0 Å². The van der Waals surface area contributed by atoms with E-state index in [-0.39, 0.29) is 6.10 Å². The van der Waals surface area contributed by atoms with E-state index in [0.717, 1.165) is 38.6 Å². The van der Waals surface area contributed by atoms with Crippen LogP contribution in [0.4, 0.5) is 0 Å². The van der Waals surface area contributed by atoms with Crippen LogP contribution in [-0.2, 0) is 22.6 Å². The molecule has 0 saturated heterocycles. The van der Waals surface area contributed by atoms with E-state index in [0.29, 0.717) is 6.61 Å². The fourth-order valence-electron chi connectivity index (χ4n) is 1.81. The summed E-state index contributed by atoms with van der Waals surface area (Å²) >= 11 is 0. The minimum Gasteiger partial charge on any atom is -0.380 e. The molecule has 0 saturated carbocycles. The SMILES string of the molecule is CC(C)CCOCCNCc1ccc(COC(C)C)cc1. The molecule has 0 aliphatic heterocycles. The van der Waals surface area contributed by atoms with Crippen LogP contribution in [0.1, 0.15) is 45.2 Å². The molecule has 0 aliphatic carbocycles. The summed E-state index contributed by atoms with van der Waals surface area (Å²) in [5.41, 5.74) is 2.52. The first kappa shape index (κ1) is 18.1. The standard InChI is InChI=1S/C18H31NO2/c1-15(2)9-11-20-12-10-19-13-17-5-7-18(8-6-17)14-21-16(3)4/h5-8,15-16,19H,9-14H2,1-4H3. The van der Waals surface area contributed by atoms with E-state index >= 15 is 0 Å². The van der Waals surface area contributed by atoms with Gasteiger partial charge < -0.3 is 14.8 Å². The molecule has 0 unspecified atom stereocenters. The summed E-state index contributed by atoms with van der Waals surface area (Å²) in [6.07, 6.45) is 1.42. The quantitative estimate of drug-likeness (QED) is 0.630. The lowest BCUT2D eigenvalue weighted by Crippen LogP contribution is -2.19. The van der Waals surface area contributed by atoms with Gasteiger partial charge in [-0.15, -0.1) is 0 Å². The predicted octanol–water partition coefficient (Wildman–Crippen LogP) is 3.76. The van der Waals surface area contributed by atoms with Gasteiger partial charge in [0.25, 0.3) is 0 Å². The van der Waals surface area contributed by atoms with E-state index in [4.69, 9.17) is 9.47 Å². The maximum Gasteiger partial charge on any atom is 0.0720 e. The zero-order chi connectivity index (χ0) is 15.5. The van der Waals surface area contributed by atoms with Crippen LogP contribution in [0.15, 0.2) is 24.3 Å². The number of ether oxygens (including phenoxy) is 2. The van der Waals surface area contributed by atoms with Crippen LogP contribution >= 0.6 is 0 Å². The first-order chi connectivity index (χ1) is 10.1. The molecule has 1 N–H and O–H groups in total. The molecule has 0 amide bonds. The molecule has 120 valence electrons. The van der Waals surface area contributed by atoms with Crippen LogP contribution in [0, 0.1) is 5.92 Å². The molecule has 21 heavy (non-hydrogen) atoms. The second-order valence-electron chi connectivity index (χ2n) is 6.15. The van der Waals surface area contributed by atoms with Gasteiger partial charge in [0.15, 0.2) is 0 Å². The van der Waals surface area contributed by atoms with Crippen LogP contribution in [0.3, 0.4) is 0 Å². The Bertz CT molecular complexity index is 360. The third kappa shape index (κ3) is 9.62. The number of rotatable bonds is 11. The maximum atomic E-state index is 5.59. The number of benzene rings is 1. The van der Waals surface area contributed by atoms with Crippen LogP contribution < -0.4 is 5.32 Å². The van der Waals surface area contributed by atoms with Crippen molar-refractivity contribution in [1.29, 1.82) is 0 Å². The summed E-state index contributed by atoms with van der Waals surface area (Å²) in [4.78, 5) is 0. The Balaban J connectivity index is 2.09. The fourth-order valence-corrected chi connectivity index (χ4v) is 1.81. The summed E-state index contributed by atoms with van der Waals surface area (Å²) in [6.45, 7) is 12.7. The van der Waals surface area contributed by atoms with E-state index < -0.39 is 0 Å². The first-order valence-corrected chi connectivity index (χ1v) is 8.05. The van der Waals surface area contributed by atoms with Crippen molar-refractivity contribution >= 4 is 0 Å². The molecule has 0 fully saturated rings. The number of nitrogens with one attached hydrogen (secondary N) is 1. The second kappa shape index (κ2) is 10.8. The molecule has 0 aromatic heterocycles. The highest BCUT2D eigenvalue weighted by Crippen LogP contribution is 2.07. The van der Waals surface area contributed by atoms with Crippen molar-refractivity contribution in [2.45, 2.75) is 53.4 Å². The lowest BCUT2D eigenvalue weighted by atomic mass is 10.1. The van der Waals surface area contributed by atoms with Crippen LogP contribution in [0.25, 0.3) is 0 Å².